The molecule has 0 aliphatic heterocycles. The summed E-state index contributed by atoms with van der Waals surface area (Å²) < 4.78 is 10.6. The topological polar surface area (TPSA) is 48.2 Å². The van der Waals surface area contributed by atoms with Crippen LogP contribution in [0, 0.1) is 6.92 Å². The summed E-state index contributed by atoms with van der Waals surface area (Å²) in [7, 11) is 0. The highest BCUT2D eigenvalue weighted by atomic mass is 16.5. The molecule has 2 aromatic heterocycles. The summed E-state index contributed by atoms with van der Waals surface area (Å²) in [5.41, 5.74) is 0.902. The van der Waals surface area contributed by atoms with Gasteiger partial charge in [0.25, 0.3) is 0 Å². The molecule has 15 heavy (non-hydrogen) atoms. The molecule has 0 aliphatic rings. The summed E-state index contributed by atoms with van der Waals surface area (Å²) >= 11 is 0. The second-order valence-electron chi connectivity index (χ2n) is 3.06. The van der Waals surface area contributed by atoms with Crippen molar-refractivity contribution in [1.82, 2.24) is 9.97 Å². The third-order valence-corrected chi connectivity index (χ3v) is 1.93. The first-order valence-electron chi connectivity index (χ1n) is 4.81. The van der Waals surface area contributed by atoms with Crippen molar-refractivity contribution < 1.29 is 9.15 Å². The van der Waals surface area contributed by atoms with Gasteiger partial charge in [-0.3, -0.25) is 0 Å². The number of pyridine rings is 1. The molecule has 0 saturated heterocycles. The number of aryl methyl sites for hydroxylation is 1. The Labute approximate surface area is 87.9 Å². The Morgan fingerprint density at radius 2 is 2.13 bits per heavy atom. The van der Waals surface area contributed by atoms with Crippen LogP contribution in [0.4, 0.5) is 0 Å². The lowest BCUT2D eigenvalue weighted by molar-refractivity contribution is 0.327. The van der Waals surface area contributed by atoms with Crippen LogP contribution in [0.3, 0.4) is 0 Å². The second kappa shape index (κ2) is 4.13. The standard InChI is InChI=1S/C11H12N2O2/c1-3-14-11-5-4-9(6-13-11)10-7-12-8(2)15-10/h4-7H,3H2,1-2H3. The molecule has 0 radical (unpaired) electrons. The molecule has 0 bridgehead atoms. The first kappa shape index (κ1) is 9.71. The molecular formula is C11H12N2O2. The van der Waals surface area contributed by atoms with Crippen molar-refractivity contribution in [3.05, 3.63) is 30.4 Å². The number of oxazole rings is 1. The lowest BCUT2D eigenvalue weighted by Gasteiger charge is -2.01. The number of hydrogen-bond acceptors (Lipinski definition) is 4. The van der Waals surface area contributed by atoms with Crippen LogP contribution in [0.2, 0.25) is 0 Å². The van der Waals surface area contributed by atoms with E-state index in [0.29, 0.717) is 18.4 Å². The molecule has 4 heteroatoms. The maximum Gasteiger partial charge on any atom is 0.213 e. The molecule has 0 amide bonds. The molecule has 0 fully saturated rings. The van der Waals surface area contributed by atoms with E-state index in [1.807, 2.05) is 26.0 Å². The van der Waals surface area contributed by atoms with Crippen LogP contribution in [0.25, 0.3) is 11.3 Å². The quantitative estimate of drug-likeness (QED) is 0.770. The molecule has 0 atom stereocenters. The maximum atomic E-state index is 5.38. The fourth-order valence-electron chi connectivity index (χ4n) is 1.25. The molecule has 0 aromatic carbocycles. The van der Waals surface area contributed by atoms with Gasteiger partial charge in [0.15, 0.2) is 11.7 Å². The van der Waals surface area contributed by atoms with Gasteiger partial charge in [0, 0.05) is 24.8 Å². The van der Waals surface area contributed by atoms with Crippen LogP contribution in [0.1, 0.15) is 12.8 Å². The molecule has 0 aliphatic carbocycles. The van der Waals surface area contributed by atoms with Gasteiger partial charge in [-0.25, -0.2) is 9.97 Å². The Bertz CT molecular complexity index is 434. The molecule has 2 rings (SSSR count). The fourth-order valence-corrected chi connectivity index (χ4v) is 1.25. The van der Waals surface area contributed by atoms with Crippen molar-refractivity contribution in [1.29, 1.82) is 0 Å². The molecule has 0 spiro atoms. The molecule has 0 N–H and O–H groups in total. The summed E-state index contributed by atoms with van der Waals surface area (Å²) in [5, 5.41) is 0. The third-order valence-electron chi connectivity index (χ3n) is 1.93. The number of aromatic nitrogens is 2. The van der Waals surface area contributed by atoms with Gasteiger partial charge in [0.1, 0.15) is 0 Å². The lowest BCUT2D eigenvalue weighted by Crippen LogP contribution is -1.93. The van der Waals surface area contributed by atoms with Crippen LogP contribution >= 0.6 is 0 Å². The number of hydrogen-bond donors (Lipinski definition) is 0. The average molecular weight is 204 g/mol. The fraction of sp³-hybridized carbons (Fsp3) is 0.273. The van der Waals surface area contributed by atoms with E-state index < -0.39 is 0 Å². The zero-order valence-corrected chi connectivity index (χ0v) is 8.73. The van der Waals surface area contributed by atoms with Crippen LogP contribution < -0.4 is 4.74 Å². The van der Waals surface area contributed by atoms with Crippen molar-refractivity contribution in [3.8, 4) is 17.2 Å². The van der Waals surface area contributed by atoms with Crippen molar-refractivity contribution in [2.24, 2.45) is 0 Å². The van der Waals surface area contributed by atoms with Gasteiger partial charge in [-0.15, -0.1) is 0 Å². The number of nitrogens with zero attached hydrogens (tertiary/aromatic N) is 2. The van der Waals surface area contributed by atoms with E-state index >= 15 is 0 Å². The summed E-state index contributed by atoms with van der Waals surface area (Å²) in [6.45, 7) is 4.36. The minimum atomic E-state index is 0.619. The van der Waals surface area contributed by atoms with Crippen molar-refractivity contribution in [3.63, 3.8) is 0 Å². The summed E-state index contributed by atoms with van der Waals surface area (Å²) in [6.07, 6.45) is 3.40. The summed E-state index contributed by atoms with van der Waals surface area (Å²) in [6, 6.07) is 3.72. The zero-order valence-electron chi connectivity index (χ0n) is 8.73. The number of rotatable bonds is 3. The van der Waals surface area contributed by atoms with Crippen LogP contribution in [-0.4, -0.2) is 16.6 Å². The number of ether oxygens (including phenoxy) is 1. The highest BCUT2D eigenvalue weighted by Gasteiger charge is 2.04. The lowest BCUT2D eigenvalue weighted by atomic mass is 10.2. The summed E-state index contributed by atoms with van der Waals surface area (Å²) in [5.74, 6) is 2.00. The van der Waals surface area contributed by atoms with E-state index in [9.17, 15) is 0 Å². The van der Waals surface area contributed by atoms with Gasteiger partial charge in [-0.1, -0.05) is 0 Å². The molecule has 2 heterocycles. The highest BCUT2D eigenvalue weighted by molar-refractivity contribution is 5.55. The normalized spacial score (nSPS) is 10.3. The minimum absolute atomic E-state index is 0.619. The van der Waals surface area contributed by atoms with Gasteiger partial charge in [-0.2, -0.15) is 0 Å². The van der Waals surface area contributed by atoms with Crippen LogP contribution in [0.15, 0.2) is 28.9 Å². The third kappa shape index (κ3) is 2.15. The molecule has 2 aromatic rings. The highest BCUT2D eigenvalue weighted by Crippen LogP contribution is 2.20. The van der Waals surface area contributed by atoms with Gasteiger partial charge in [0.05, 0.1) is 12.8 Å². The first-order chi connectivity index (χ1) is 7.29. The monoisotopic (exact) mass is 204 g/mol. The molecule has 0 saturated carbocycles. The van der Waals surface area contributed by atoms with Crippen LogP contribution in [-0.2, 0) is 0 Å². The van der Waals surface area contributed by atoms with Crippen molar-refractivity contribution >= 4 is 0 Å². The maximum absolute atomic E-state index is 5.38. The Morgan fingerprint density at radius 3 is 2.67 bits per heavy atom. The average Bonchev–Trinajstić information content (AvgIpc) is 2.67. The van der Waals surface area contributed by atoms with Crippen molar-refractivity contribution in [2.75, 3.05) is 6.61 Å². The SMILES string of the molecule is CCOc1ccc(-c2cnc(C)o2)cn1. The van der Waals surface area contributed by atoms with E-state index in [-0.39, 0.29) is 0 Å². The Balaban J connectivity index is 2.23. The Kier molecular flexibility index (Phi) is 2.67. The van der Waals surface area contributed by atoms with Crippen LogP contribution in [0.5, 0.6) is 5.88 Å². The first-order valence-corrected chi connectivity index (χ1v) is 4.81. The van der Waals surface area contributed by atoms with E-state index in [0.717, 1.165) is 11.3 Å². The van der Waals surface area contributed by atoms with E-state index in [4.69, 9.17) is 9.15 Å². The van der Waals surface area contributed by atoms with E-state index in [1.54, 1.807) is 12.4 Å². The van der Waals surface area contributed by atoms with Gasteiger partial charge in [0.2, 0.25) is 5.88 Å². The zero-order chi connectivity index (χ0) is 10.7. The van der Waals surface area contributed by atoms with Crippen molar-refractivity contribution in [2.45, 2.75) is 13.8 Å². The molecular weight excluding hydrogens is 192 g/mol. The second-order valence-corrected chi connectivity index (χ2v) is 3.06. The van der Waals surface area contributed by atoms with Gasteiger partial charge >= 0.3 is 0 Å². The van der Waals surface area contributed by atoms with Gasteiger partial charge in [-0.05, 0) is 13.0 Å². The van der Waals surface area contributed by atoms with E-state index in [2.05, 4.69) is 9.97 Å². The smallest absolute Gasteiger partial charge is 0.213 e. The molecule has 78 valence electrons. The van der Waals surface area contributed by atoms with Gasteiger partial charge < -0.3 is 9.15 Å². The predicted molar refractivity (Wildman–Crippen MR) is 55.6 cm³/mol. The Morgan fingerprint density at radius 1 is 1.27 bits per heavy atom. The molecule has 4 nitrogen and oxygen atoms in total. The minimum Gasteiger partial charge on any atom is -0.478 e. The largest absolute Gasteiger partial charge is 0.478 e. The molecule has 0 unspecified atom stereocenters. The predicted octanol–water partition coefficient (Wildman–Crippen LogP) is 2.44. The Hall–Kier alpha value is -1.84. The van der Waals surface area contributed by atoms with E-state index in [1.165, 1.54) is 0 Å². The summed E-state index contributed by atoms with van der Waals surface area (Å²) in [4.78, 5) is 8.17.